The quantitative estimate of drug-likeness (QED) is 0.260. The van der Waals surface area contributed by atoms with Crippen LogP contribution in [0.3, 0.4) is 0 Å². The Morgan fingerprint density at radius 3 is 2.41 bits per heavy atom. The molecule has 27 heavy (non-hydrogen) atoms. The highest BCUT2D eigenvalue weighted by Gasteiger charge is 2.12. The van der Waals surface area contributed by atoms with Crippen LogP contribution in [0.5, 0.6) is 0 Å². The van der Waals surface area contributed by atoms with E-state index in [2.05, 4.69) is 10.2 Å². The number of benzene rings is 2. The monoisotopic (exact) mass is 412 g/mol. The first-order valence-corrected chi connectivity index (χ1v) is 8.95. The minimum Gasteiger partial charge on any atom is -0.465 e. The molecule has 2 rings (SSSR count). The van der Waals surface area contributed by atoms with E-state index in [1.54, 1.807) is 24.3 Å². The van der Waals surface area contributed by atoms with E-state index < -0.39 is 11.1 Å². The standard InChI is InChI=1S/C18H18Cl2N2O5/c19-14-7-5-8-15(20)18(14)21-16-9-2-1-6-13(16)12-17(23)26-10-3-4-11-27-22(24)25/h1-2,5-9,21H,3-4,10-12H2. The summed E-state index contributed by atoms with van der Waals surface area (Å²) in [6, 6.07) is 12.4. The lowest BCUT2D eigenvalue weighted by atomic mass is 10.1. The summed E-state index contributed by atoms with van der Waals surface area (Å²) >= 11 is 12.4. The Balaban J connectivity index is 1.90. The van der Waals surface area contributed by atoms with Crippen molar-refractivity contribution in [3.8, 4) is 0 Å². The first-order chi connectivity index (χ1) is 13.0. The molecule has 0 spiro atoms. The molecular formula is C18H18Cl2N2O5. The Hall–Kier alpha value is -2.51. The Bertz CT molecular complexity index is 781. The summed E-state index contributed by atoms with van der Waals surface area (Å²) in [6.45, 7) is 0.155. The number of ether oxygens (including phenoxy) is 1. The van der Waals surface area contributed by atoms with E-state index in [-0.39, 0.29) is 19.6 Å². The number of rotatable bonds is 10. The highest BCUT2D eigenvalue weighted by Crippen LogP contribution is 2.33. The number of carbonyl (C=O) groups excluding carboxylic acids is 1. The average Bonchev–Trinajstić information content (AvgIpc) is 2.62. The van der Waals surface area contributed by atoms with Gasteiger partial charge in [-0.1, -0.05) is 47.5 Å². The SMILES string of the molecule is O=C(Cc1ccccc1Nc1c(Cl)cccc1Cl)OCCCCO[N+](=O)[O-]. The molecule has 0 unspecified atom stereocenters. The molecule has 0 aromatic heterocycles. The van der Waals surface area contributed by atoms with Gasteiger partial charge in [0.25, 0.3) is 5.09 Å². The first kappa shape index (κ1) is 20.8. The second kappa shape index (κ2) is 10.6. The number of para-hydroxylation sites is 2. The summed E-state index contributed by atoms with van der Waals surface area (Å²) in [5.41, 5.74) is 1.99. The number of anilines is 2. The molecule has 0 radical (unpaired) electrons. The zero-order valence-electron chi connectivity index (χ0n) is 14.3. The van der Waals surface area contributed by atoms with Crippen LogP contribution in [0.15, 0.2) is 42.5 Å². The Labute approximate surface area is 166 Å². The van der Waals surface area contributed by atoms with Crippen LogP contribution in [0.25, 0.3) is 0 Å². The predicted octanol–water partition coefficient (Wildman–Crippen LogP) is 4.81. The summed E-state index contributed by atoms with van der Waals surface area (Å²) in [5, 5.41) is 13.3. The molecule has 0 aliphatic carbocycles. The van der Waals surface area contributed by atoms with Gasteiger partial charge in [-0.2, -0.15) is 0 Å². The van der Waals surface area contributed by atoms with Gasteiger partial charge in [0, 0.05) is 5.69 Å². The smallest absolute Gasteiger partial charge is 0.310 e. The molecule has 0 saturated heterocycles. The molecule has 144 valence electrons. The Kier molecular flexibility index (Phi) is 8.16. The van der Waals surface area contributed by atoms with Gasteiger partial charge in [0.15, 0.2) is 0 Å². The summed E-state index contributed by atoms with van der Waals surface area (Å²) in [6.07, 6.45) is 0.975. The van der Waals surface area contributed by atoms with Crippen molar-refractivity contribution in [2.24, 2.45) is 0 Å². The molecule has 0 heterocycles. The maximum Gasteiger partial charge on any atom is 0.310 e. The van der Waals surface area contributed by atoms with Crippen LogP contribution in [0.2, 0.25) is 10.0 Å². The van der Waals surface area contributed by atoms with Crippen molar-refractivity contribution < 1.29 is 19.5 Å². The molecule has 0 saturated carbocycles. The fourth-order valence-electron chi connectivity index (χ4n) is 2.28. The number of hydrogen-bond donors (Lipinski definition) is 1. The van der Waals surface area contributed by atoms with Gasteiger partial charge in [-0.25, -0.2) is 0 Å². The van der Waals surface area contributed by atoms with E-state index in [0.717, 1.165) is 5.56 Å². The third-order valence-corrected chi connectivity index (χ3v) is 4.20. The zero-order chi connectivity index (χ0) is 19.6. The maximum atomic E-state index is 12.1. The zero-order valence-corrected chi connectivity index (χ0v) is 15.8. The van der Waals surface area contributed by atoms with E-state index >= 15 is 0 Å². The average molecular weight is 413 g/mol. The number of esters is 1. The van der Waals surface area contributed by atoms with Crippen LogP contribution in [0, 0.1) is 10.1 Å². The lowest BCUT2D eigenvalue weighted by Gasteiger charge is -2.14. The van der Waals surface area contributed by atoms with Crippen LogP contribution < -0.4 is 5.32 Å². The number of nitrogens with one attached hydrogen (secondary N) is 1. The summed E-state index contributed by atoms with van der Waals surface area (Å²) in [5.74, 6) is -0.398. The molecule has 9 heteroatoms. The van der Waals surface area contributed by atoms with Crippen LogP contribution in [0.4, 0.5) is 11.4 Å². The molecule has 7 nitrogen and oxygen atoms in total. The first-order valence-electron chi connectivity index (χ1n) is 8.19. The van der Waals surface area contributed by atoms with E-state index in [9.17, 15) is 14.9 Å². The molecule has 2 aromatic carbocycles. The van der Waals surface area contributed by atoms with Gasteiger partial charge in [-0.15, -0.1) is 10.1 Å². The van der Waals surface area contributed by atoms with Crippen molar-refractivity contribution in [2.45, 2.75) is 19.3 Å². The Morgan fingerprint density at radius 2 is 1.70 bits per heavy atom. The second-order valence-electron chi connectivity index (χ2n) is 5.54. The number of carbonyl (C=O) groups is 1. The second-order valence-corrected chi connectivity index (χ2v) is 6.35. The van der Waals surface area contributed by atoms with Crippen LogP contribution in [0.1, 0.15) is 18.4 Å². The van der Waals surface area contributed by atoms with Crippen LogP contribution in [-0.4, -0.2) is 24.3 Å². The highest BCUT2D eigenvalue weighted by atomic mass is 35.5. The van der Waals surface area contributed by atoms with Crippen molar-refractivity contribution >= 4 is 40.5 Å². The number of halogens is 2. The summed E-state index contributed by atoms with van der Waals surface area (Å²) in [7, 11) is 0. The molecular weight excluding hydrogens is 395 g/mol. The fraction of sp³-hybridized carbons (Fsp3) is 0.278. The van der Waals surface area contributed by atoms with Crippen molar-refractivity contribution in [1.29, 1.82) is 0 Å². The lowest BCUT2D eigenvalue weighted by Crippen LogP contribution is -2.11. The predicted molar refractivity (Wildman–Crippen MR) is 103 cm³/mol. The molecule has 0 aliphatic rings. The van der Waals surface area contributed by atoms with Gasteiger partial charge < -0.3 is 14.9 Å². The van der Waals surface area contributed by atoms with E-state index in [4.69, 9.17) is 27.9 Å². The number of unbranched alkanes of at least 4 members (excludes halogenated alkanes) is 1. The fourth-order valence-corrected chi connectivity index (χ4v) is 2.78. The van der Waals surface area contributed by atoms with Gasteiger partial charge in [0.05, 0.1) is 35.4 Å². The summed E-state index contributed by atoms with van der Waals surface area (Å²) < 4.78 is 5.16. The minimum absolute atomic E-state index is 0.0180. The van der Waals surface area contributed by atoms with Gasteiger partial charge in [0.1, 0.15) is 0 Å². The van der Waals surface area contributed by atoms with Crippen LogP contribution in [-0.2, 0) is 20.8 Å². The number of hydrogen-bond acceptors (Lipinski definition) is 6. The molecule has 0 fully saturated rings. The molecule has 0 atom stereocenters. The molecule has 2 aromatic rings. The third kappa shape index (κ3) is 6.96. The van der Waals surface area contributed by atoms with Gasteiger partial charge >= 0.3 is 5.97 Å². The van der Waals surface area contributed by atoms with Gasteiger partial charge in [-0.3, -0.25) is 4.79 Å². The van der Waals surface area contributed by atoms with Gasteiger partial charge in [0.2, 0.25) is 0 Å². The normalized spacial score (nSPS) is 10.3. The highest BCUT2D eigenvalue weighted by molar-refractivity contribution is 6.39. The van der Waals surface area contributed by atoms with E-state index in [0.29, 0.717) is 34.3 Å². The topological polar surface area (TPSA) is 90.7 Å². The lowest BCUT2D eigenvalue weighted by molar-refractivity contribution is -0.757. The maximum absolute atomic E-state index is 12.1. The van der Waals surface area contributed by atoms with E-state index in [1.165, 1.54) is 0 Å². The van der Waals surface area contributed by atoms with Crippen molar-refractivity contribution in [2.75, 3.05) is 18.5 Å². The Morgan fingerprint density at radius 1 is 1.04 bits per heavy atom. The van der Waals surface area contributed by atoms with Gasteiger partial charge in [-0.05, 0) is 36.6 Å². The molecule has 0 aliphatic heterocycles. The van der Waals surface area contributed by atoms with Crippen molar-refractivity contribution in [1.82, 2.24) is 0 Å². The number of nitrogens with zero attached hydrogens (tertiary/aromatic N) is 1. The minimum atomic E-state index is -0.846. The molecule has 0 bridgehead atoms. The van der Waals surface area contributed by atoms with Crippen molar-refractivity contribution in [3.63, 3.8) is 0 Å². The molecule has 0 amide bonds. The van der Waals surface area contributed by atoms with Crippen LogP contribution >= 0.6 is 23.2 Å². The van der Waals surface area contributed by atoms with E-state index in [1.807, 2.05) is 18.2 Å². The third-order valence-electron chi connectivity index (χ3n) is 3.57. The van der Waals surface area contributed by atoms with Crippen molar-refractivity contribution in [3.05, 3.63) is 68.2 Å². The molecule has 1 N–H and O–H groups in total. The largest absolute Gasteiger partial charge is 0.465 e. The summed E-state index contributed by atoms with van der Waals surface area (Å²) in [4.78, 5) is 26.3.